The summed E-state index contributed by atoms with van der Waals surface area (Å²) in [4.78, 5) is 41.3. The molecule has 2 aromatic rings. The van der Waals surface area contributed by atoms with Crippen molar-refractivity contribution in [3.05, 3.63) is 34.2 Å². The van der Waals surface area contributed by atoms with Crippen LogP contribution in [0.15, 0.2) is 23.0 Å². The quantitative estimate of drug-likeness (QED) is 0.711. The number of hydrogen-bond acceptors (Lipinski definition) is 4. The zero-order valence-corrected chi connectivity index (χ0v) is 18.6. The molecule has 1 aromatic carbocycles. The number of likely N-dealkylation sites (tertiary alicyclic amines) is 2. The summed E-state index contributed by atoms with van der Waals surface area (Å²) in [6.07, 6.45) is 2.85. The molecule has 2 amide bonds. The third kappa shape index (κ3) is 3.39. The number of nitrogens with zero attached hydrogens (tertiary/aromatic N) is 4. The Labute approximate surface area is 177 Å². The molecule has 7 heteroatoms. The number of piperidine rings is 2. The number of amides is 2. The van der Waals surface area contributed by atoms with Gasteiger partial charge in [0, 0.05) is 26.1 Å². The van der Waals surface area contributed by atoms with Crippen LogP contribution in [0.3, 0.4) is 0 Å². The fourth-order valence-electron chi connectivity index (χ4n) is 4.96. The van der Waals surface area contributed by atoms with Crippen LogP contribution in [-0.4, -0.2) is 56.4 Å². The van der Waals surface area contributed by atoms with E-state index in [1.54, 1.807) is 16.2 Å². The lowest BCUT2D eigenvalue weighted by atomic mass is 9.87. The summed E-state index contributed by atoms with van der Waals surface area (Å²) >= 11 is 0. The van der Waals surface area contributed by atoms with Crippen LogP contribution in [0, 0.1) is 0 Å². The van der Waals surface area contributed by atoms with Gasteiger partial charge in [-0.15, -0.1) is 0 Å². The zero-order chi connectivity index (χ0) is 21.8. The summed E-state index contributed by atoms with van der Waals surface area (Å²) in [6, 6.07) is 5.58. The van der Waals surface area contributed by atoms with Crippen molar-refractivity contribution >= 4 is 22.8 Å². The minimum absolute atomic E-state index is 0.187. The van der Waals surface area contributed by atoms with E-state index in [4.69, 9.17) is 0 Å². The maximum absolute atomic E-state index is 13.0. The van der Waals surface area contributed by atoms with E-state index in [0.717, 1.165) is 41.9 Å². The smallest absolute Gasteiger partial charge is 0.298 e. The van der Waals surface area contributed by atoms with E-state index in [9.17, 15) is 14.4 Å². The van der Waals surface area contributed by atoms with Gasteiger partial charge in [0.2, 0.25) is 5.91 Å². The fraction of sp³-hybridized carbons (Fsp3) is 0.609. The Morgan fingerprint density at radius 3 is 2.23 bits per heavy atom. The van der Waals surface area contributed by atoms with Gasteiger partial charge >= 0.3 is 5.69 Å². The number of benzene rings is 1. The number of imide groups is 1. The second-order valence-electron chi connectivity index (χ2n) is 9.74. The molecule has 0 N–H and O–H groups in total. The predicted octanol–water partition coefficient (Wildman–Crippen LogP) is 2.64. The van der Waals surface area contributed by atoms with Crippen molar-refractivity contribution in [2.75, 3.05) is 20.1 Å². The molecular formula is C23H32N4O3. The molecule has 1 aromatic heterocycles. The summed E-state index contributed by atoms with van der Waals surface area (Å²) in [6.45, 7) is 8.92. The van der Waals surface area contributed by atoms with Gasteiger partial charge in [0.1, 0.15) is 6.04 Å². The van der Waals surface area contributed by atoms with Crippen molar-refractivity contribution in [1.29, 1.82) is 0 Å². The molecule has 162 valence electrons. The van der Waals surface area contributed by atoms with E-state index in [-0.39, 0.29) is 29.5 Å². The summed E-state index contributed by atoms with van der Waals surface area (Å²) in [5, 5.41) is 0. The molecule has 0 radical (unpaired) electrons. The summed E-state index contributed by atoms with van der Waals surface area (Å²) in [5.41, 5.74) is 2.86. The van der Waals surface area contributed by atoms with E-state index in [2.05, 4.69) is 37.8 Å². The summed E-state index contributed by atoms with van der Waals surface area (Å²) < 4.78 is 3.21. The van der Waals surface area contributed by atoms with Crippen LogP contribution in [0.1, 0.15) is 64.0 Å². The topological polar surface area (TPSA) is 67.6 Å². The Bertz CT molecular complexity index is 1050. The highest BCUT2D eigenvalue weighted by Gasteiger charge is 2.35. The minimum atomic E-state index is -0.621. The molecule has 0 bridgehead atoms. The van der Waals surface area contributed by atoms with Crippen molar-refractivity contribution in [3.8, 4) is 0 Å². The number of likely N-dealkylation sites (N-methyl/N-ethyl adjacent to an activating group) is 1. The molecule has 3 heterocycles. The first-order valence-electron chi connectivity index (χ1n) is 10.9. The molecule has 2 saturated heterocycles. The maximum Gasteiger partial charge on any atom is 0.329 e. The van der Waals surface area contributed by atoms with Gasteiger partial charge < -0.3 is 0 Å². The molecule has 0 saturated carbocycles. The SMILES string of the molecule is CN1C(=O)CCC(n2c(=O)n(C)c3cc(C4CCN(C(C)(C)C)CC4)ccc32)C1=O. The highest BCUT2D eigenvalue weighted by Crippen LogP contribution is 2.33. The molecule has 0 spiro atoms. The summed E-state index contributed by atoms with van der Waals surface area (Å²) in [5.74, 6) is -0.0144. The normalized spacial score (nSPS) is 22.3. The van der Waals surface area contributed by atoms with Gasteiger partial charge in [-0.2, -0.15) is 0 Å². The van der Waals surface area contributed by atoms with Crippen molar-refractivity contribution in [2.24, 2.45) is 7.05 Å². The number of fused-ring (bicyclic) bond motifs is 1. The largest absolute Gasteiger partial charge is 0.329 e. The molecule has 1 unspecified atom stereocenters. The Morgan fingerprint density at radius 1 is 0.933 bits per heavy atom. The van der Waals surface area contributed by atoms with Gasteiger partial charge in [0.25, 0.3) is 5.91 Å². The van der Waals surface area contributed by atoms with E-state index in [0.29, 0.717) is 12.3 Å². The van der Waals surface area contributed by atoms with Crippen LogP contribution < -0.4 is 5.69 Å². The average Bonchev–Trinajstić information content (AvgIpc) is 2.96. The fourth-order valence-corrected chi connectivity index (χ4v) is 4.96. The van der Waals surface area contributed by atoms with Crippen LogP contribution >= 0.6 is 0 Å². The third-order valence-corrected chi connectivity index (χ3v) is 6.96. The average molecular weight is 413 g/mol. The molecule has 4 rings (SSSR count). The zero-order valence-electron chi connectivity index (χ0n) is 18.6. The lowest BCUT2D eigenvalue weighted by molar-refractivity contribution is -0.149. The first kappa shape index (κ1) is 20.8. The van der Waals surface area contributed by atoms with Gasteiger partial charge in [-0.3, -0.25) is 28.5 Å². The van der Waals surface area contributed by atoms with Gasteiger partial charge in [0.15, 0.2) is 0 Å². The molecule has 7 nitrogen and oxygen atoms in total. The first-order chi connectivity index (χ1) is 14.1. The highest BCUT2D eigenvalue weighted by atomic mass is 16.2. The number of carbonyl (C=O) groups is 2. The van der Waals surface area contributed by atoms with E-state index in [1.807, 2.05) is 6.07 Å². The van der Waals surface area contributed by atoms with E-state index < -0.39 is 6.04 Å². The van der Waals surface area contributed by atoms with Crippen LogP contribution in [0.5, 0.6) is 0 Å². The van der Waals surface area contributed by atoms with Crippen LogP contribution in [0.4, 0.5) is 0 Å². The Balaban J connectivity index is 1.66. The molecule has 2 aliphatic heterocycles. The monoisotopic (exact) mass is 412 g/mol. The lowest BCUT2D eigenvalue weighted by Gasteiger charge is -2.41. The number of aryl methyl sites for hydroxylation is 1. The van der Waals surface area contributed by atoms with E-state index >= 15 is 0 Å². The van der Waals surface area contributed by atoms with Crippen molar-refractivity contribution in [2.45, 2.75) is 64.0 Å². The Hall–Kier alpha value is -2.41. The van der Waals surface area contributed by atoms with Crippen LogP contribution in [0.25, 0.3) is 11.0 Å². The second-order valence-corrected chi connectivity index (χ2v) is 9.74. The first-order valence-corrected chi connectivity index (χ1v) is 10.9. The number of rotatable bonds is 2. The van der Waals surface area contributed by atoms with Crippen molar-refractivity contribution in [3.63, 3.8) is 0 Å². The maximum atomic E-state index is 13.0. The molecule has 1 atom stereocenters. The molecule has 0 aliphatic carbocycles. The Morgan fingerprint density at radius 2 is 1.60 bits per heavy atom. The number of aromatic nitrogens is 2. The number of carbonyl (C=O) groups excluding carboxylic acids is 2. The van der Waals surface area contributed by atoms with E-state index in [1.165, 1.54) is 12.6 Å². The van der Waals surface area contributed by atoms with Gasteiger partial charge in [0.05, 0.1) is 11.0 Å². The Kier molecular flexibility index (Phi) is 5.12. The highest BCUT2D eigenvalue weighted by molar-refractivity contribution is 5.99. The molecule has 2 aliphatic rings. The molecule has 30 heavy (non-hydrogen) atoms. The molecular weight excluding hydrogens is 380 g/mol. The van der Waals surface area contributed by atoms with Gasteiger partial charge in [-0.25, -0.2) is 4.79 Å². The van der Waals surface area contributed by atoms with Crippen LogP contribution in [-0.2, 0) is 16.6 Å². The predicted molar refractivity (Wildman–Crippen MR) is 117 cm³/mol. The third-order valence-electron chi connectivity index (χ3n) is 6.96. The minimum Gasteiger partial charge on any atom is -0.298 e. The van der Waals surface area contributed by atoms with Gasteiger partial charge in [-0.1, -0.05) is 6.07 Å². The van der Waals surface area contributed by atoms with Crippen molar-refractivity contribution in [1.82, 2.24) is 18.9 Å². The number of hydrogen-bond donors (Lipinski definition) is 0. The number of imidazole rings is 1. The van der Waals surface area contributed by atoms with Gasteiger partial charge in [-0.05, 0) is 76.7 Å². The van der Waals surface area contributed by atoms with Crippen molar-refractivity contribution < 1.29 is 9.59 Å². The lowest BCUT2D eigenvalue weighted by Crippen LogP contribution is -2.45. The molecule has 2 fully saturated rings. The van der Waals surface area contributed by atoms with Crippen LogP contribution in [0.2, 0.25) is 0 Å². The summed E-state index contributed by atoms with van der Waals surface area (Å²) in [7, 11) is 3.25. The standard InChI is InChI=1S/C23H32N4O3/c1-23(2,3)26-12-10-15(11-13-26)16-6-7-17-19(14-16)24(4)22(30)27(17)18-8-9-20(28)25(5)21(18)29/h6-7,14-15,18H,8-13H2,1-5H3. The second kappa shape index (κ2) is 7.38.